The lowest BCUT2D eigenvalue weighted by Gasteiger charge is -2.10. The molecule has 0 aliphatic heterocycles. The van der Waals surface area contributed by atoms with Gasteiger partial charge in [-0.2, -0.15) is 0 Å². The molecule has 0 radical (unpaired) electrons. The zero-order valence-corrected chi connectivity index (χ0v) is 12.2. The van der Waals surface area contributed by atoms with Crippen molar-refractivity contribution in [3.05, 3.63) is 39.4 Å². The van der Waals surface area contributed by atoms with Gasteiger partial charge in [0.1, 0.15) is 0 Å². The monoisotopic (exact) mass is 292 g/mol. The first-order valence-electron chi connectivity index (χ1n) is 6.79. The lowest BCUT2D eigenvalue weighted by molar-refractivity contribution is 0.631. The number of aryl methyl sites for hydroxylation is 1. The number of unbranched alkanes of at least 4 members (excludes halogenated alkanes) is 4. The second-order valence-electron chi connectivity index (χ2n) is 4.87. The van der Waals surface area contributed by atoms with Crippen molar-refractivity contribution in [3.8, 4) is 0 Å². The van der Waals surface area contributed by atoms with Gasteiger partial charge >= 0.3 is 0 Å². The van der Waals surface area contributed by atoms with Crippen LogP contribution < -0.4 is 0 Å². The minimum Gasteiger partial charge on any atom is -0.0795 e. The maximum Gasteiger partial charge on any atom is 0.0250 e. The number of rotatable bonds is 6. The van der Waals surface area contributed by atoms with Gasteiger partial charge in [0, 0.05) is 4.47 Å². The molecule has 17 heavy (non-hydrogen) atoms. The van der Waals surface area contributed by atoms with Crippen molar-refractivity contribution in [2.45, 2.75) is 51.9 Å². The molecule has 1 heteroatoms. The van der Waals surface area contributed by atoms with Crippen molar-refractivity contribution in [1.82, 2.24) is 0 Å². The first-order chi connectivity index (χ1) is 8.33. The van der Waals surface area contributed by atoms with Gasteiger partial charge in [-0.05, 0) is 42.0 Å². The standard InChI is InChI=1S/C16H21Br/c1-2-3-4-5-6-8-13-11-12-16(17)15-10-7-9-14(13)15/h7,10-12H,2-6,8-9H2,1H3. The molecule has 1 aromatic rings. The molecule has 0 unspecified atom stereocenters. The van der Waals surface area contributed by atoms with Gasteiger partial charge in [-0.1, -0.05) is 66.8 Å². The summed E-state index contributed by atoms with van der Waals surface area (Å²) in [6, 6.07) is 4.51. The van der Waals surface area contributed by atoms with Crippen molar-refractivity contribution in [2.75, 3.05) is 0 Å². The van der Waals surface area contributed by atoms with E-state index in [2.05, 4.69) is 47.1 Å². The largest absolute Gasteiger partial charge is 0.0795 e. The molecule has 0 saturated heterocycles. The quantitative estimate of drug-likeness (QED) is 0.605. The molecule has 0 N–H and O–H groups in total. The molecule has 0 aromatic heterocycles. The minimum atomic E-state index is 1.12. The number of fused-ring (bicyclic) bond motifs is 1. The van der Waals surface area contributed by atoms with E-state index in [-0.39, 0.29) is 0 Å². The Kier molecular flexibility index (Phi) is 4.85. The van der Waals surface area contributed by atoms with Gasteiger partial charge in [0.2, 0.25) is 0 Å². The van der Waals surface area contributed by atoms with Crippen molar-refractivity contribution in [1.29, 1.82) is 0 Å². The zero-order chi connectivity index (χ0) is 12.1. The molecule has 2 rings (SSSR count). The summed E-state index contributed by atoms with van der Waals surface area (Å²) in [4.78, 5) is 0. The van der Waals surface area contributed by atoms with E-state index in [1.807, 2.05) is 0 Å². The first kappa shape index (κ1) is 12.9. The molecule has 1 aliphatic carbocycles. The first-order valence-corrected chi connectivity index (χ1v) is 7.59. The minimum absolute atomic E-state index is 1.12. The Morgan fingerprint density at radius 3 is 2.76 bits per heavy atom. The van der Waals surface area contributed by atoms with Crippen LogP contribution in [-0.4, -0.2) is 0 Å². The Morgan fingerprint density at radius 1 is 1.12 bits per heavy atom. The highest BCUT2D eigenvalue weighted by Gasteiger charge is 2.12. The molecule has 1 aliphatic rings. The van der Waals surface area contributed by atoms with E-state index in [0.717, 1.165) is 6.42 Å². The average Bonchev–Trinajstić information content (AvgIpc) is 2.81. The van der Waals surface area contributed by atoms with Crippen LogP contribution in [0.25, 0.3) is 6.08 Å². The Balaban J connectivity index is 1.92. The normalized spacial score (nSPS) is 13.1. The fraction of sp³-hybridized carbons (Fsp3) is 0.500. The van der Waals surface area contributed by atoms with Crippen LogP contribution in [0.3, 0.4) is 0 Å². The highest BCUT2D eigenvalue weighted by atomic mass is 79.9. The summed E-state index contributed by atoms with van der Waals surface area (Å²) >= 11 is 3.63. The van der Waals surface area contributed by atoms with Crippen LogP contribution in [0.4, 0.5) is 0 Å². The number of benzene rings is 1. The summed E-state index contributed by atoms with van der Waals surface area (Å²) in [7, 11) is 0. The maximum atomic E-state index is 3.63. The predicted octanol–water partition coefficient (Wildman–Crippen LogP) is 5.53. The van der Waals surface area contributed by atoms with Crippen molar-refractivity contribution < 1.29 is 0 Å². The fourth-order valence-electron chi connectivity index (χ4n) is 2.55. The third-order valence-electron chi connectivity index (χ3n) is 3.56. The SMILES string of the molecule is CCCCCCCc1ccc(Br)c2c1CC=C2. The van der Waals surface area contributed by atoms with Crippen molar-refractivity contribution >= 4 is 22.0 Å². The van der Waals surface area contributed by atoms with Crippen molar-refractivity contribution in [2.24, 2.45) is 0 Å². The molecule has 0 spiro atoms. The van der Waals surface area contributed by atoms with Gasteiger partial charge in [-0.15, -0.1) is 0 Å². The van der Waals surface area contributed by atoms with Crippen LogP contribution in [0.2, 0.25) is 0 Å². The van der Waals surface area contributed by atoms with Gasteiger partial charge in [-0.25, -0.2) is 0 Å². The van der Waals surface area contributed by atoms with Crippen LogP contribution in [0.1, 0.15) is 55.7 Å². The summed E-state index contributed by atoms with van der Waals surface area (Å²) < 4.78 is 1.25. The number of hydrogen-bond acceptors (Lipinski definition) is 0. The molecule has 0 nitrogen and oxygen atoms in total. The zero-order valence-electron chi connectivity index (χ0n) is 10.6. The van der Waals surface area contributed by atoms with E-state index in [1.165, 1.54) is 48.6 Å². The molecule has 0 saturated carbocycles. The molecule has 0 fully saturated rings. The van der Waals surface area contributed by atoms with E-state index in [1.54, 1.807) is 11.1 Å². The molecule has 1 aromatic carbocycles. The predicted molar refractivity (Wildman–Crippen MR) is 79.3 cm³/mol. The molecule has 0 amide bonds. The van der Waals surface area contributed by atoms with E-state index in [4.69, 9.17) is 0 Å². The Bertz CT molecular complexity index is 404. The summed E-state index contributed by atoms with van der Waals surface area (Å²) in [5, 5.41) is 0. The second-order valence-corrected chi connectivity index (χ2v) is 5.72. The van der Waals surface area contributed by atoms with Crippen LogP contribution in [0.15, 0.2) is 22.7 Å². The molecule has 0 bridgehead atoms. The Morgan fingerprint density at radius 2 is 1.94 bits per heavy atom. The van der Waals surface area contributed by atoms with E-state index < -0.39 is 0 Å². The molecular weight excluding hydrogens is 272 g/mol. The molecule has 0 atom stereocenters. The number of allylic oxidation sites excluding steroid dienone is 1. The number of hydrogen-bond donors (Lipinski definition) is 0. The summed E-state index contributed by atoms with van der Waals surface area (Å²) in [6.45, 7) is 2.27. The molecule has 92 valence electrons. The highest BCUT2D eigenvalue weighted by molar-refractivity contribution is 9.10. The Labute approximate surface area is 113 Å². The van der Waals surface area contributed by atoms with Gasteiger partial charge in [0.15, 0.2) is 0 Å². The lowest BCUT2D eigenvalue weighted by Crippen LogP contribution is -1.95. The molecular formula is C16H21Br. The van der Waals surface area contributed by atoms with Crippen LogP contribution in [0.5, 0.6) is 0 Å². The summed E-state index contributed by atoms with van der Waals surface area (Å²) in [5.74, 6) is 0. The lowest BCUT2D eigenvalue weighted by atomic mass is 9.97. The van der Waals surface area contributed by atoms with E-state index >= 15 is 0 Å². The third-order valence-corrected chi connectivity index (χ3v) is 4.25. The fourth-order valence-corrected chi connectivity index (χ4v) is 3.05. The Hall–Kier alpha value is -0.560. The van der Waals surface area contributed by atoms with Crippen LogP contribution in [-0.2, 0) is 12.8 Å². The average molecular weight is 293 g/mol. The smallest absolute Gasteiger partial charge is 0.0250 e. The van der Waals surface area contributed by atoms with Gasteiger partial charge in [-0.3, -0.25) is 0 Å². The topological polar surface area (TPSA) is 0 Å². The highest BCUT2D eigenvalue weighted by Crippen LogP contribution is 2.31. The van der Waals surface area contributed by atoms with Crippen LogP contribution >= 0.6 is 15.9 Å². The van der Waals surface area contributed by atoms with Gasteiger partial charge < -0.3 is 0 Å². The van der Waals surface area contributed by atoms with E-state index in [0.29, 0.717) is 0 Å². The van der Waals surface area contributed by atoms with E-state index in [9.17, 15) is 0 Å². The second kappa shape index (κ2) is 6.39. The third kappa shape index (κ3) is 3.22. The van der Waals surface area contributed by atoms with Crippen molar-refractivity contribution in [3.63, 3.8) is 0 Å². The maximum absolute atomic E-state index is 3.63. The molecule has 0 heterocycles. The van der Waals surface area contributed by atoms with Gasteiger partial charge in [0.05, 0.1) is 0 Å². The van der Waals surface area contributed by atoms with Gasteiger partial charge in [0.25, 0.3) is 0 Å². The van der Waals surface area contributed by atoms with Crippen LogP contribution in [0, 0.1) is 0 Å². The summed E-state index contributed by atoms with van der Waals surface area (Å²) in [6.07, 6.45) is 13.7. The summed E-state index contributed by atoms with van der Waals surface area (Å²) in [5.41, 5.74) is 4.52. The number of halogens is 1.